The molecule has 1 aromatic carbocycles. The first kappa shape index (κ1) is 20.6. The Kier molecular flexibility index (Phi) is 6.86. The van der Waals surface area contributed by atoms with E-state index in [2.05, 4.69) is 33.4 Å². The fourth-order valence-corrected chi connectivity index (χ4v) is 4.65. The number of hydrogen-bond donors (Lipinski definition) is 0. The number of azide groups is 1. The van der Waals surface area contributed by atoms with Crippen molar-refractivity contribution in [3.05, 3.63) is 80.3 Å². The zero-order valence-corrected chi connectivity index (χ0v) is 17.7. The summed E-state index contributed by atoms with van der Waals surface area (Å²) in [4.78, 5) is 12.8. The molecule has 0 amide bonds. The molecule has 28 heavy (non-hydrogen) atoms. The van der Waals surface area contributed by atoms with Gasteiger partial charge in [0.1, 0.15) is 10.9 Å². The van der Waals surface area contributed by atoms with Crippen LogP contribution in [0.5, 0.6) is 0 Å². The third kappa shape index (κ3) is 5.00. The Balaban J connectivity index is 2.10. The molecule has 3 aromatic rings. The van der Waals surface area contributed by atoms with Crippen LogP contribution in [0.3, 0.4) is 0 Å². The molecule has 0 spiro atoms. The summed E-state index contributed by atoms with van der Waals surface area (Å²) in [7, 11) is 0. The first-order valence-corrected chi connectivity index (χ1v) is 10.2. The van der Waals surface area contributed by atoms with Crippen molar-refractivity contribution in [1.82, 2.24) is 14.5 Å². The van der Waals surface area contributed by atoms with Gasteiger partial charge in [-0.2, -0.15) is 0 Å². The van der Waals surface area contributed by atoms with Gasteiger partial charge in [-0.1, -0.05) is 60.0 Å². The second-order valence-corrected chi connectivity index (χ2v) is 8.35. The number of rotatable bonds is 7. The number of nitrogens with zero attached hydrogens (tertiary/aromatic N) is 6. The smallest absolute Gasteiger partial charge is 0.116 e. The van der Waals surface area contributed by atoms with Gasteiger partial charge < -0.3 is 4.57 Å². The van der Waals surface area contributed by atoms with E-state index in [0.29, 0.717) is 22.4 Å². The van der Waals surface area contributed by atoms with Crippen molar-refractivity contribution in [3.8, 4) is 0 Å². The minimum Gasteiger partial charge on any atom is -0.318 e. The largest absolute Gasteiger partial charge is 0.318 e. The highest BCUT2D eigenvalue weighted by Crippen LogP contribution is 2.37. The molecule has 0 aliphatic rings. The summed E-state index contributed by atoms with van der Waals surface area (Å²) in [6, 6.07) is 9.35. The van der Waals surface area contributed by atoms with Gasteiger partial charge in [0.05, 0.1) is 18.8 Å². The molecule has 144 valence electrons. The lowest BCUT2D eigenvalue weighted by molar-refractivity contribution is 0.666. The molecule has 0 aliphatic carbocycles. The van der Waals surface area contributed by atoms with E-state index in [0.717, 1.165) is 21.2 Å². The van der Waals surface area contributed by atoms with Gasteiger partial charge in [-0.15, -0.1) is 0 Å². The predicted molar refractivity (Wildman–Crippen MR) is 113 cm³/mol. The van der Waals surface area contributed by atoms with Gasteiger partial charge >= 0.3 is 0 Å². The van der Waals surface area contributed by atoms with Gasteiger partial charge in [-0.3, -0.25) is 4.98 Å². The summed E-state index contributed by atoms with van der Waals surface area (Å²) in [5, 5.41) is 5.85. The van der Waals surface area contributed by atoms with E-state index in [9.17, 15) is 0 Å². The standard InChI is InChI=1S/C19H18Cl2N6S/c1-12(2)18-19(28-16-7-14(20)6-15(21)8-16)27(17(25-18)10-24-26-22)11-13-4-3-5-23-9-13/h3-9,12H,10-11H2,1-2H3. The molecule has 0 fully saturated rings. The molecule has 0 aliphatic heterocycles. The number of hydrogen-bond acceptors (Lipinski definition) is 4. The Hall–Kier alpha value is -2.18. The molecule has 0 saturated heterocycles. The molecule has 0 saturated carbocycles. The van der Waals surface area contributed by atoms with E-state index in [1.54, 1.807) is 24.0 Å². The summed E-state index contributed by atoms with van der Waals surface area (Å²) < 4.78 is 2.07. The normalized spacial score (nSPS) is 10.9. The maximum Gasteiger partial charge on any atom is 0.116 e. The number of pyridine rings is 1. The van der Waals surface area contributed by atoms with Crippen LogP contribution >= 0.6 is 35.0 Å². The maximum absolute atomic E-state index is 8.77. The lowest BCUT2D eigenvalue weighted by Gasteiger charge is -2.13. The molecule has 2 heterocycles. The molecule has 0 N–H and O–H groups in total. The van der Waals surface area contributed by atoms with Crippen molar-refractivity contribution in [3.63, 3.8) is 0 Å². The topological polar surface area (TPSA) is 79.5 Å². The zero-order valence-electron chi connectivity index (χ0n) is 15.4. The van der Waals surface area contributed by atoms with E-state index in [1.807, 2.05) is 30.5 Å². The van der Waals surface area contributed by atoms with Gasteiger partial charge in [0.2, 0.25) is 0 Å². The monoisotopic (exact) mass is 432 g/mol. The van der Waals surface area contributed by atoms with Crippen LogP contribution < -0.4 is 0 Å². The Morgan fingerprint density at radius 1 is 1.25 bits per heavy atom. The Morgan fingerprint density at radius 3 is 2.61 bits per heavy atom. The van der Waals surface area contributed by atoms with Crippen LogP contribution in [0.4, 0.5) is 0 Å². The predicted octanol–water partition coefficient (Wildman–Crippen LogP) is 6.72. The summed E-state index contributed by atoms with van der Waals surface area (Å²) in [6.45, 7) is 4.92. The molecular weight excluding hydrogens is 415 g/mol. The number of benzene rings is 1. The van der Waals surface area contributed by atoms with Crippen molar-refractivity contribution in [2.24, 2.45) is 5.11 Å². The maximum atomic E-state index is 8.77. The van der Waals surface area contributed by atoms with Crippen molar-refractivity contribution in [2.75, 3.05) is 0 Å². The summed E-state index contributed by atoms with van der Waals surface area (Å²) >= 11 is 13.9. The zero-order chi connectivity index (χ0) is 20.1. The van der Waals surface area contributed by atoms with E-state index >= 15 is 0 Å². The Labute approximate surface area is 177 Å². The van der Waals surface area contributed by atoms with E-state index < -0.39 is 0 Å². The Morgan fingerprint density at radius 2 is 2.00 bits per heavy atom. The third-order valence-corrected chi connectivity index (χ3v) is 5.49. The third-order valence-electron chi connectivity index (χ3n) is 3.96. The fraction of sp³-hybridized carbons (Fsp3) is 0.263. The highest BCUT2D eigenvalue weighted by atomic mass is 35.5. The van der Waals surface area contributed by atoms with Crippen LogP contribution in [0.25, 0.3) is 10.4 Å². The number of aromatic nitrogens is 3. The SMILES string of the molecule is CC(C)c1nc(CN=[N+]=[N-])n(Cc2cccnc2)c1Sc1cc(Cl)cc(Cl)c1. The summed E-state index contributed by atoms with van der Waals surface area (Å²) in [5.41, 5.74) is 10.7. The highest BCUT2D eigenvalue weighted by molar-refractivity contribution is 7.99. The van der Waals surface area contributed by atoms with E-state index in [4.69, 9.17) is 33.7 Å². The average molecular weight is 433 g/mol. The molecule has 0 atom stereocenters. The van der Waals surface area contributed by atoms with Crippen LogP contribution in [0.1, 0.15) is 36.8 Å². The summed E-state index contributed by atoms with van der Waals surface area (Å²) in [5.74, 6) is 0.901. The first-order valence-electron chi connectivity index (χ1n) is 8.61. The second kappa shape index (κ2) is 9.34. The van der Waals surface area contributed by atoms with Crippen molar-refractivity contribution >= 4 is 35.0 Å². The number of imidazole rings is 1. The molecule has 9 heteroatoms. The van der Waals surface area contributed by atoms with Crippen molar-refractivity contribution in [1.29, 1.82) is 0 Å². The van der Waals surface area contributed by atoms with E-state index in [-0.39, 0.29) is 12.5 Å². The lowest BCUT2D eigenvalue weighted by Crippen LogP contribution is -2.06. The second-order valence-electron chi connectivity index (χ2n) is 6.42. The molecule has 0 radical (unpaired) electrons. The quantitative estimate of drug-likeness (QED) is 0.236. The molecule has 0 bridgehead atoms. The molecular formula is C19H18Cl2N6S. The van der Waals surface area contributed by atoms with Gasteiger partial charge in [0, 0.05) is 32.2 Å². The summed E-state index contributed by atoms with van der Waals surface area (Å²) in [6.07, 6.45) is 3.55. The minimum absolute atomic E-state index is 0.174. The van der Waals surface area contributed by atoms with Crippen molar-refractivity contribution < 1.29 is 0 Å². The van der Waals surface area contributed by atoms with Gasteiger partial charge in [0.25, 0.3) is 0 Å². The van der Waals surface area contributed by atoms with Gasteiger partial charge in [0.15, 0.2) is 0 Å². The van der Waals surface area contributed by atoms with Crippen LogP contribution in [-0.2, 0) is 13.1 Å². The van der Waals surface area contributed by atoms with Crippen LogP contribution in [0.15, 0.2) is 57.8 Å². The average Bonchev–Trinajstić information content (AvgIpc) is 2.97. The minimum atomic E-state index is 0.174. The van der Waals surface area contributed by atoms with Crippen LogP contribution in [-0.4, -0.2) is 14.5 Å². The van der Waals surface area contributed by atoms with E-state index in [1.165, 1.54) is 0 Å². The van der Waals surface area contributed by atoms with Gasteiger partial charge in [-0.25, -0.2) is 4.98 Å². The number of halogens is 2. The lowest BCUT2D eigenvalue weighted by atomic mass is 10.1. The molecule has 0 unspecified atom stereocenters. The van der Waals surface area contributed by atoms with Crippen LogP contribution in [0.2, 0.25) is 10.0 Å². The highest BCUT2D eigenvalue weighted by Gasteiger charge is 2.21. The van der Waals surface area contributed by atoms with Crippen LogP contribution in [0, 0.1) is 0 Å². The Bertz CT molecular complexity index is 993. The molecule has 3 rings (SSSR count). The molecule has 6 nitrogen and oxygen atoms in total. The van der Waals surface area contributed by atoms with Gasteiger partial charge in [-0.05, 0) is 41.3 Å². The first-order chi connectivity index (χ1) is 13.5. The fourth-order valence-electron chi connectivity index (χ4n) is 2.74. The van der Waals surface area contributed by atoms with Crippen molar-refractivity contribution in [2.45, 2.75) is 42.8 Å². The molecule has 2 aromatic heterocycles.